The first-order valence-corrected chi connectivity index (χ1v) is 10.7. The summed E-state index contributed by atoms with van der Waals surface area (Å²) in [4.78, 5) is 1.68. The van der Waals surface area contributed by atoms with Crippen LogP contribution in [0.3, 0.4) is 0 Å². The average molecular weight is 424 g/mol. The Balaban J connectivity index is 1.85. The van der Waals surface area contributed by atoms with Gasteiger partial charge < -0.3 is 5.32 Å². The van der Waals surface area contributed by atoms with E-state index in [9.17, 15) is 21.6 Å². The molecule has 2 aromatic carbocycles. The molecule has 1 unspecified atom stereocenters. The highest BCUT2D eigenvalue weighted by Crippen LogP contribution is 2.42. The highest BCUT2D eigenvalue weighted by Gasteiger charge is 2.49. The van der Waals surface area contributed by atoms with Crippen molar-refractivity contribution in [3.63, 3.8) is 0 Å². The van der Waals surface area contributed by atoms with Crippen LogP contribution in [-0.2, 0) is 16.2 Å². The van der Waals surface area contributed by atoms with Gasteiger partial charge in [0.25, 0.3) is 0 Å². The van der Waals surface area contributed by atoms with Crippen LogP contribution >= 0.6 is 0 Å². The van der Waals surface area contributed by atoms with E-state index in [4.69, 9.17) is 0 Å². The van der Waals surface area contributed by atoms with Gasteiger partial charge in [-0.25, -0.2) is 0 Å². The third-order valence-electron chi connectivity index (χ3n) is 5.35. The Morgan fingerprint density at radius 1 is 1.03 bits per heavy atom. The molecule has 0 amide bonds. The summed E-state index contributed by atoms with van der Waals surface area (Å²) in [6, 6.07) is 11.1. The van der Waals surface area contributed by atoms with Crippen LogP contribution in [0.5, 0.6) is 0 Å². The smallest absolute Gasteiger partial charge is 0.314 e. The Hall–Kier alpha value is -2.20. The van der Waals surface area contributed by atoms with Crippen molar-refractivity contribution in [3.8, 4) is 0 Å². The van der Waals surface area contributed by atoms with Crippen molar-refractivity contribution in [2.45, 2.75) is 11.1 Å². The fraction of sp³-hybridized carbons (Fsp3) is 0.300. The van der Waals surface area contributed by atoms with Gasteiger partial charge in [-0.2, -0.15) is 21.6 Å². The lowest BCUT2D eigenvalue weighted by molar-refractivity contribution is -0.137. The lowest BCUT2D eigenvalue weighted by atomic mass is 10.2. The van der Waals surface area contributed by atoms with Crippen LogP contribution in [0.25, 0.3) is 6.08 Å². The van der Waals surface area contributed by atoms with Gasteiger partial charge in [-0.05, 0) is 24.3 Å². The van der Waals surface area contributed by atoms with Gasteiger partial charge in [0.2, 0.25) is 0 Å². The monoisotopic (exact) mass is 424 g/mol. The van der Waals surface area contributed by atoms with Gasteiger partial charge in [-0.1, -0.05) is 18.2 Å². The zero-order valence-corrected chi connectivity index (χ0v) is 16.4. The molecule has 1 N–H and O–H groups in total. The third-order valence-corrected chi connectivity index (χ3v) is 7.49. The second kappa shape index (κ2) is 7.24. The number of piperazine rings is 1. The van der Waals surface area contributed by atoms with Crippen molar-refractivity contribution in [1.29, 1.82) is 0 Å². The lowest BCUT2D eigenvalue weighted by Crippen LogP contribution is -2.57. The fourth-order valence-electron chi connectivity index (χ4n) is 3.83. The van der Waals surface area contributed by atoms with E-state index in [1.165, 1.54) is 6.07 Å². The van der Waals surface area contributed by atoms with Crippen LogP contribution in [0.15, 0.2) is 59.6 Å². The van der Waals surface area contributed by atoms with E-state index in [0.29, 0.717) is 18.8 Å². The molecule has 9 heteroatoms. The molecule has 1 saturated heterocycles. The molecule has 1 atom stereocenters. The SMILES string of the molecule is O=S(=O)(c1cccc(C(F)(F)F)c1)[N+]1(CN2CCNCC2)C=Cc2ccccc21. The van der Waals surface area contributed by atoms with Crippen molar-refractivity contribution < 1.29 is 21.6 Å². The molecular weight excluding hydrogens is 403 g/mol. The van der Waals surface area contributed by atoms with E-state index in [0.717, 1.165) is 36.9 Å². The normalized spacial score (nSPS) is 22.6. The van der Waals surface area contributed by atoms with Gasteiger partial charge in [-0.15, -0.1) is 3.89 Å². The van der Waals surface area contributed by atoms with Crippen molar-refractivity contribution >= 4 is 21.8 Å². The van der Waals surface area contributed by atoms with Gasteiger partial charge in [-0.3, -0.25) is 4.90 Å². The summed E-state index contributed by atoms with van der Waals surface area (Å²) in [7, 11) is -4.21. The van der Waals surface area contributed by atoms with E-state index in [1.54, 1.807) is 24.4 Å². The molecule has 4 rings (SSSR count). The zero-order chi connectivity index (χ0) is 20.7. The van der Waals surface area contributed by atoms with E-state index in [1.807, 2.05) is 17.0 Å². The van der Waals surface area contributed by atoms with Crippen molar-refractivity contribution in [1.82, 2.24) is 14.1 Å². The minimum absolute atomic E-state index is 0.133. The number of alkyl halides is 3. The summed E-state index contributed by atoms with van der Waals surface area (Å²) in [5, 5.41) is 3.22. The Bertz CT molecular complexity index is 1050. The number of halogens is 3. The zero-order valence-electron chi connectivity index (χ0n) is 15.6. The summed E-state index contributed by atoms with van der Waals surface area (Å²) in [5.41, 5.74) is 0.317. The number of benzene rings is 2. The largest absolute Gasteiger partial charge is 0.416 e. The highest BCUT2D eigenvalue weighted by molar-refractivity contribution is 7.91. The lowest BCUT2D eigenvalue weighted by Gasteiger charge is -2.37. The van der Waals surface area contributed by atoms with Gasteiger partial charge >= 0.3 is 16.2 Å². The number of hydrogen-bond acceptors (Lipinski definition) is 4. The number of para-hydroxylation sites is 1. The van der Waals surface area contributed by atoms with Crippen LogP contribution in [0.1, 0.15) is 11.1 Å². The van der Waals surface area contributed by atoms with Gasteiger partial charge in [0.05, 0.1) is 5.56 Å². The minimum Gasteiger partial charge on any atom is -0.314 e. The van der Waals surface area contributed by atoms with E-state index >= 15 is 0 Å². The molecule has 0 spiro atoms. The van der Waals surface area contributed by atoms with Crippen molar-refractivity contribution in [2.75, 3.05) is 32.8 Å². The molecule has 29 heavy (non-hydrogen) atoms. The number of sulfonamides is 1. The number of nitrogens with zero attached hydrogens (tertiary/aromatic N) is 2. The molecule has 2 aliphatic rings. The van der Waals surface area contributed by atoms with Crippen LogP contribution < -0.4 is 9.21 Å². The first-order chi connectivity index (χ1) is 13.7. The number of quaternary nitrogens is 1. The summed E-state index contributed by atoms with van der Waals surface area (Å²) in [5.74, 6) is 0. The summed E-state index contributed by atoms with van der Waals surface area (Å²) in [6.07, 6.45) is -1.32. The van der Waals surface area contributed by atoms with Crippen LogP contribution in [0, 0.1) is 0 Å². The highest BCUT2D eigenvalue weighted by atomic mass is 32.2. The molecular formula is C20H21F3N3O2S+. The Morgan fingerprint density at radius 2 is 1.76 bits per heavy atom. The van der Waals surface area contributed by atoms with E-state index in [-0.39, 0.29) is 11.6 Å². The summed E-state index contributed by atoms with van der Waals surface area (Å²) >= 11 is 0. The first kappa shape index (κ1) is 20.1. The Kier molecular flexibility index (Phi) is 5.02. The number of rotatable bonds is 4. The molecule has 2 heterocycles. The number of fused-ring (bicyclic) bond motifs is 1. The molecule has 0 bridgehead atoms. The fourth-order valence-corrected chi connectivity index (χ4v) is 5.70. The third kappa shape index (κ3) is 3.48. The number of hydrogen-bond donors (Lipinski definition) is 1. The molecule has 0 radical (unpaired) electrons. The topological polar surface area (TPSA) is 49.4 Å². The summed E-state index contributed by atoms with van der Waals surface area (Å²) < 4.78 is 66.6. The maximum Gasteiger partial charge on any atom is 0.416 e. The van der Waals surface area contributed by atoms with Crippen LogP contribution in [0.4, 0.5) is 18.9 Å². The average Bonchev–Trinajstić information content (AvgIpc) is 3.09. The molecule has 5 nitrogen and oxygen atoms in total. The molecule has 0 aromatic heterocycles. The van der Waals surface area contributed by atoms with Crippen LogP contribution in [-0.4, -0.2) is 46.2 Å². The quantitative estimate of drug-likeness (QED) is 0.766. The molecule has 1 fully saturated rings. The maximum absolute atomic E-state index is 13.8. The van der Waals surface area contributed by atoms with Gasteiger partial charge in [0.1, 0.15) is 11.1 Å². The van der Waals surface area contributed by atoms with Crippen molar-refractivity contribution in [2.24, 2.45) is 0 Å². The maximum atomic E-state index is 13.8. The predicted octanol–water partition coefficient (Wildman–Crippen LogP) is 3.25. The molecule has 0 aliphatic carbocycles. The van der Waals surface area contributed by atoms with Gasteiger partial charge in [0, 0.05) is 43.9 Å². The number of nitrogens with one attached hydrogen (secondary N) is 1. The second-order valence-electron chi connectivity index (χ2n) is 7.18. The molecule has 0 saturated carbocycles. The van der Waals surface area contributed by atoms with Crippen molar-refractivity contribution in [3.05, 3.63) is 65.9 Å². The Morgan fingerprint density at radius 3 is 2.48 bits per heavy atom. The molecule has 154 valence electrons. The van der Waals surface area contributed by atoms with E-state index in [2.05, 4.69) is 5.32 Å². The van der Waals surface area contributed by atoms with Crippen LogP contribution in [0.2, 0.25) is 0 Å². The second-order valence-corrected chi connectivity index (χ2v) is 9.25. The van der Waals surface area contributed by atoms with Gasteiger partial charge in [0.15, 0.2) is 12.4 Å². The standard InChI is InChI=1S/C20H21F3N3O2S/c21-20(22,23)17-5-3-6-18(14-17)29(27,28)26(15-25-11-9-24-10-12-25)13-8-16-4-1-2-7-19(16)26/h1-8,13-14,24H,9-12,15H2/q+1. The predicted molar refractivity (Wildman–Crippen MR) is 105 cm³/mol. The van der Waals surface area contributed by atoms with E-state index < -0.39 is 25.7 Å². The molecule has 2 aromatic rings. The minimum atomic E-state index is -4.62. The summed E-state index contributed by atoms with van der Waals surface area (Å²) in [6.45, 7) is 2.92. The molecule has 2 aliphatic heterocycles. The first-order valence-electron chi connectivity index (χ1n) is 9.26. The Labute approximate surface area is 167 Å².